The minimum Gasteiger partial charge on any atom is -0.398 e. The fourth-order valence-corrected chi connectivity index (χ4v) is 2.18. The molecule has 5 nitrogen and oxygen atoms in total. The van der Waals surface area contributed by atoms with Crippen molar-refractivity contribution in [2.75, 3.05) is 38.5 Å². The Hall–Kier alpha value is -1.59. The van der Waals surface area contributed by atoms with Crippen molar-refractivity contribution in [3.05, 3.63) is 29.8 Å². The summed E-state index contributed by atoms with van der Waals surface area (Å²) in [6.07, 6.45) is 0. The van der Waals surface area contributed by atoms with Crippen LogP contribution in [-0.2, 0) is 11.3 Å². The van der Waals surface area contributed by atoms with Crippen LogP contribution in [0.15, 0.2) is 24.3 Å². The summed E-state index contributed by atoms with van der Waals surface area (Å²) in [6, 6.07) is 7.73. The maximum absolute atomic E-state index is 11.2. The SMILES string of the molecule is CCN(CC)CCN(CC(N)=O)Cc1ccccc1N. The molecule has 0 aromatic heterocycles. The number of anilines is 1. The lowest BCUT2D eigenvalue weighted by Gasteiger charge is -2.25. The quantitative estimate of drug-likeness (QED) is 0.658. The zero-order chi connectivity index (χ0) is 15.0. The average molecular weight is 278 g/mol. The molecule has 4 N–H and O–H groups in total. The third-order valence-corrected chi connectivity index (χ3v) is 3.46. The van der Waals surface area contributed by atoms with Gasteiger partial charge in [0.2, 0.25) is 5.91 Å². The van der Waals surface area contributed by atoms with Gasteiger partial charge in [-0.1, -0.05) is 32.0 Å². The van der Waals surface area contributed by atoms with Crippen molar-refractivity contribution in [3.63, 3.8) is 0 Å². The number of amides is 1. The van der Waals surface area contributed by atoms with Crippen molar-refractivity contribution in [3.8, 4) is 0 Å². The maximum atomic E-state index is 11.2. The van der Waals surface area contributed by atoms with Gasteiger partial charge in [-0.2, -0.15) is 0 Å². The molecule has 0 unspecified atom stereocenters. The molecule has 0 heterocycles. The highest BCUT2D eigenvalue weighted by atomic mass is 16.1. The molecule has 0 aliphatic carbocycles. The van der Waals surface area contributed by atoms with E-state index in [9.17, 15) is 4.79 Å². The van der Waals surface area contributed by atoms with Crippen molar-refractivity contribution < 1.29 is 4.79 Å². The Kier molecular flexibility index (Phi) is 7.04. The number of nitrogens with zero attached hydrogens (tertiary/aromatic N) is 2. The van der Waals surface area contributed by atoms with Crippen LogP contribution >= 0.6 is 0 Å². The first kappa shape index (κ1) is 16.5. The summed E-state index contributed by atoms with van der Waals surface area (Å²) in [5.41, 5.74) is 13.1. The number of carbonyl (C=O) groups excluding carboxylic acids is 1. The van der Waals surface area contributed by atoms with Gasteiger partial charge in [-0.3, -0.25) is 9.69 Å². The third kappa shape index (κ3) is 5.59. The predicted molar refractivity (Wildman–Crippen MR) is 83.1 cm³/mol. The van der Waals surface area contributed by atoms with Gasteiger partial charge in [0.1, 0.15) is 0 Å². The first-order valence-corrected chi connectivity index (χ1v) is 7.13. The van der Waals surface area contributed by atoms with E-state index in [4.69, 9.17) is 11.5 Å². The van der Waals surface area contributed by atoms with Crippen molar-refractivity contribution in [1.29, 1.82) is 0 Å². The fourth-order valence-electron chi connectivity index (χ4n) is 2.18. The van der Waals surface area contributed by atoms with Crippen molar-refractivity contribution in [2.45, 2.75) is 20.4 Å². The predicted octanol–water partition coefficient (Wildman–Crippen LogP) is 0.898. The number of primary amides is 1. The molecule has 112 valence electrons. The number of hydrogen-bond acceptors (Lipinski definition) is 4. The minimum absolute atomic E-state index is 0.260. The van der Waals surface area contributed by atoms with Crippen LogP contribution in [0.5, 0.6) is 0 Å². The molecule has 5 heteroatoms. The van der Waals surface area contributed by atoms with E-state index in [2.05, 4.69) is 18.7 Å². The summed E-state index contributed by atoms with van der Waals surface area (Å²) < 4.78 is 0. The van der Waals surface area contributed by atoms with Gasteiger partial charge in [-0.15, -0.1) is 0 Å². The molecule has 0 fully saturated rings. The van der Waals surface area contributed by atoms with E-state index in [1.165, 1.54) is 0 Å². The van der Waals surface area contributed by atoms with E-state index in [0.29, 0.717) is 6.54 Å². The molecule has 20 heavy (non-hydrogen) atoms. The van der Waals surface area contributed by atoms with E-state index in [1.54, 1.807) is 0 Å². The van der Waals surface area contributed by atoms with E-state index in [1.807, 2.05) is 29.2 Å². The lowest BCUT2D eigenvalue weighted by Crippen LogP contribution is -2.39. The minimum atomic E-state index is -0.306. The van der Waals surface area contributed by atoms with Gasteiger partial charge < -0.3 is 16.4 Å². The standard InChI is InChI=1S/C15H26N4O/c1-3-18(4-2)9-10-19(12-15(17)20)11-13-7-5-6-8-14(13)16/h5-8H,3-4,9-12,16H2,1-2H3,(H2,17,20). The summed E-state index contributed by atoms with van der Waals surface area (Å²) in [4.78, 5) is 15.6. The highest BCUT2D eigenvalue weighted by Gasteiger charge is 2.12. The topological polar surface area (TPSA) is 75.6 Å². The lowest BCUT2D eigenvalue weighted by atomic mass is 10.1. The Bertz CT molecular complexity index is 418. The van der Waals surface area contributed by atoms with Crippen LogP contribution in [0.1, 0.15) is 19.4 Å². The molecule has 1 aromatic rings. The number of nitrogens with two attached hydrogens (primary N) is 2. The van der Waals surface area contributed by atoms with Crippen LogP contribution in [0.3, 0.4) is 0 Å². The van der Waals surface area contributed by atoms with Gasteiger partial charge in [-0.05, 0) is 24.7 Å². The number of para-hydroxylation sites is 1. The smallest absolute Gasteiger partial charge is 0.231 e. The molecule has 0 atom stereocenters. The zero-order valence-corrected chi connectivity index (χ0v) is 12.5. The van der Waals surface area contributed by atoms with Gasteiger partial charge >= 0.3 is 0 Å². The number of benzene rings is 1. The molecule has 1 aromatic carbocycles. The molecule has 0 aliphatic rings. The molecule has 0 saturated heterocycles. The van der Waals surface area contributed by atoms with Crippen LogP contribution in [0.2, 0.25) is 0 Å². The van der Waals surface area contributed by atoms with Crippen molar-refractivity contribution in [1.82, 2.24) is 9.80 Å². The zero-order valence-electron chi connectivity index (χ0n) is 12.5. The van der Waals surface area contributed by atoms with E-state index >= 15 is 0 Å². The highest BCUT2D eigenvalue weighted by molar-refractivity contribution is 5.75. The van der Waals surface area contributed by atoms with Gasteiger partial charge in [0, 0.05) is 25.3 Å². The Morgan fingerprint density at radius 3 is 2.25 bits per heavy atom. The Labute approximate surface area is 121 Å². The first-order chi connectivity index (χ1) is 9.56. The maximum Gasteiger partial charge on any atom is 0.231 e. The average Bonchev–Trinajstić information content (AvgIpc) is 2.41. The molecule has 0 saturated carbocycles. The highest BCUT2D eigenvalue weighted by Crippen LogP contribution is 2.13. The molecule has 1 rings (SSSR count). The first-order valence-electron chi connectivity index (χ1n) is 7.13. The largest absolute Gasteiger partial charge is 0.398 e. The van der Waals surface area contributed by atoms with E-state index in [0.717, 1.165) is 37.4 Å². The number of likely N-dealkylation sites (N-methyl/N-ethyl adjacent to an activating group) is 1. The summed E-state index contributed by atoms with van der Waals surface area (Å²) in [7, 11) is 0. The Morgan fingerprint density at radius 1 is 1.10 bits per heavy atom. The number of hydrogen-bond donors (Lipinski definition) is 2. The molecule has 0 aliphatic heterocycles. The number of rotatable bonds is 9. The van der Waals surface area contributed by atoms with Gasteiger partial charge in [-0.25, -0.2) is 0 Å². The van der Waals surface area contributed by atoms with Crippen LogP contribution in [0.4, 0.5) is 5.69 Å². The molecule has 0 radical (unpaired) electrons. The van der Waals surface area contributed by atoms with Crippen molar-refractivity contribution in [2.24, 2.45) is 5.73 Å². The third-order valence-electron chi connectivity index (χ3n) is 3.46. The fraction of sp³-hybridized carbons (Fsp3) is 0.533. The van der Waals surface area contributed by atoms with Gasteiger partial charge in [0.05, 0.1) is 6.54 Å². The Morgan fingerprint density at radius 2 is 1.70 bits per heavy atom. The van der Waals surface area contributed by atoms with Gasteiger partial charge in [0.25, 0.3) is 0 Å². The second-order valence-corrected chi connectivity index (χ2v) is 4.90. The van der Waals surface area contributed by atoms with Gasteiger partial charge in [0.15, 0.2) is 0 Å². The van der Waals surface area contributed by atoms with Crippen LogP contribution in [0.25, 0.3) is 0 Å². The van der Waals surface area contributed by atoms with Crippen LogP contribution in [-0.4, -0.2) is 48.4 Å². The molecular formula is C15H26N4O. The molecule has 0 spiro atoms. The second kappa shape index (κ2) is 8.55. The van der Waals surface area contributed by atoms with Crippen molar-refractivity contribution >= 4 is 11.6 Å². The summed E-state index contributed by atoms with van der Waals surface area (Å²) in [6.45, 7) is 8.93. The summed E-state index contributed by atoms with van der Waals surface area (Å²) >= 11 is 0. The normalized spacial score (nSPS) is 11.2. The van der Waals surface area contributed by atoms with E-state index in [-0.39, 0.29) is 12.5 Å². The molecular weight excluding hydrogens is 252 g/mol. The Balaban J connectivity index is 2.64. The lowest BCUT2D eigenvalue weighted by molar-refractivity contribution is -0.119. The summed E-state index contributed by atoms with van der Waals surface area (Å²) in [5, 5.41) is 0. The number of nitrogen functional groups attached to an aromatic ring is 1. The summed E-state index contributed by atoms with van der Waals surface area (Å²) in [5.74, 6) is -0.306. The van der Waals surface area contributed by atoms with E-state index < -0.39 is 0 Å². The molecule has 0 bridgehead atoms. The van der Waals surface area contributed by atoms with Crippen LogP contribution in [0, 0.1) is 0 Å². The second-order valence-electron chi connectivity index (χ2n) is 4.90. The number of carbonyl (C=O) groups is 1. The molecule has 1 amide bonds. The monoisotopic (exact) mass is 278 g/mol. The van der Waals surface area contributed by atoms with Crippen LogP contribution < -0.4 is 11.5 Å².